The average molecular weight is 252 g/mol. The van der Waals surface area contributed by atoms with Crippen LogP contribution >= 0.6 is 11.8 Å². The van der Waals surface area contributed by atoms with Gasteiger partial charge in [0.05, 0.1) is 17.5 Å². The van der Waals surface area contributed by atoms with Crippen LogP contribution in [0.25, 0.3) is 0 Å². The van der Waals surface area contributed by atoms with E-state index in [9.17, 15) is 4.79 Å². The highest BCUT2D eigenvalue weighted by molar-refractivity contribution is 8.00. The summed E-state index contributed by atoms with van der Waals surface area (Å²) in [6.07, 6.45) is -0.345. The highest BCUT2D eigenvalue weighted by Crippen LogP contribution is 2.31. The monoisotopic (exact) mass is 252 g/mol. The van der Waals surface area contributed by atoms with E-state index < -0.39 is 0 Å². The first-order valence-electron chi connectivity index (χ1n) is 5.59. The van der Waals surface area contributed by atoms with Crippen LogP contribution < -0.4 is 10.6 Å². The second-order valence-electron chi connectivity index (χ2n) is 4.15. The van der Waals surface area contributed by atoms with Gasteiger partial charge in [-0.1, -0.05) is 6.07 Å². The maximum atomic E-state index is 11.3. The minimum Gasteiger partial charge on any atom is -0.392 e. The van der Waals surface area contributed by atoms with Crippen LogP contribution in [0.15, 0.2) is 23.1 Å². The molecule has 0 fully saturated rings. The third-order valence-electron chi connectivity index (χ3n) is 2.45. The van der Waals surface area contributed by atoms with E-state index in [0.29, 0.717) is 18.8 Å². The molecular weight excluding hydrogens is 236 g/mol. The Morgan fingerprint density at radius 3 is 3.18 bits per heavy atom. The number of carbonyl (C=O) groups is 1. The van der Waals surface area contributed by atoms with Crippen LogP contribution in [0.2, 0.25) is 0 Å². The van der Waals surface area contributed by atoms with Gasteiger partial charge in [0.2, 0.25) is 5.91 Å². The van der Waals surface area contributed by atoms with E-state index in [4.69, 9.17) is 5.11 Å². The Kier molecular flexibility index (Phi) is 4.04. The third-order valence-corrected chi connectivity index (χ3v) is 3.52. The van der Waals surface area contributed by atoms with Crippen LogP contribution in [0.4, 0.5) is 5.69 Å². The number of hydrogen-bond acceptors (Lipinski definition) is 4. The van der Waals surface area contributed by atoms with Crippen molar-refractivity contribution in [2.24, 2.45) is 0 Å². The molecule has 1 unspecified atom stereocenters. The van der Waals surface area contributed by atoms with Gasteiger partial charge in [-0.15, -0.1) is 11.8 Å². The largest absolute Gasteiger partial charge is 0.392 e. The number of fused-ring (bicyclic) bond motifs is 1. The van der Waals surface area contributed by atoms with E-state index in [1.165, 1.54) is 0 Å². The first-order chi connectivity index (χ1) is 8.15. The Balaban J connectivity index is 2.00. The molecule has 1 atom stereocenters. The van der Waals surface area contributed by atoms with Crippen molar-refractivity contribution in [2.45, 2.75) is 24.5 Å². The molecule has 92 valence electrons. The smallest absolute Gasteiger partial charge is 0.234 e. The van der Waals surface area contributed by atoms with Crippen molar-refractivity contribution in [1.29, 1.82) is 0 Å². The van der Waals surface area contributed by atoms with Crippen LogP contribution in [-0.4, -0.2) is 29.4 Å². The van der Waals surface area contributed by atoms with E-state index in [1.807, 2.05) is 18.2 Å². The molecule has 17 heavy (non-hydrogen) atoms. The van der Waals surface area contributed by atoms with Gasteiger partial charge >= 0.3 is 0 Å². The maximum Gasteiger partial charge on any atom is 0.234 e. The van der Waals surface area contributed by atoms with Crippen molar-refractivity contribution in [2.75, 3.05) is 17.6 Å². The second-order valence-corrected chi connectivity index (χ2v) is 5.16. The first-order valence-corrected chi connectivity index (χ1v) is 6.58. The van der Waals surface area contributed by atoms with Crippen molar-refractivity contribution in [1.82, 2.24) is 5.32 Å². The highest BCUT2D eigenvalue weighted by atomic mass is 32.2. The SMILES string of the molecule is CC(O)CNCc1ccc2c(c1)NC(=O)CS2. The molecule has 5 heteroatoms. The van der Waals surface area contributed by atoms with Gasteiger partial charge in [0, 0.05) is 18.0 Å². The number of nitrogens with one attached hydrogen (secondary N) is 2. The lowest BCUT2D eigenvalue weighted by Gasteiger charge is -2.17. The molecule has 0 bridgehead atoms. The summed E-state index contributed by atoms with van der Waals surface area (Å²) in [4.78, 5) is 12.4. The van der Waals surface area contributed by atoms with Gasteiger partial charge in [-0.05, 0) is 24.6 Å². The Hall–Kier alpha value is -1.04. The molecule has 2 rings (SSSR count). The van der Waals surface area contributed by atoms with Crippen LogP contribution in [0.1, 0.15) is 12.5 Å². The first kappa shape index (κ1) is 12.4. The van der Waals surface area contributed by atoms with Gasteiger partial charge < -0.3 is 15.7 Å². The number of carbonyl (C=O) groups excluding carboxylic acids is 1. The lowest BCUT2D eigenvalue weighted by Crippen LogP contribution is -2.24. The molecule has 4 nitrogen and oxygen atoms in total. The summed E-state index contributed by atoms with van der Waals surface area (Å²) >= 11 is 1.56. The van der Waals surface area contributed by atoms with Crippen LogP contribution in [0, 0.1) is 0 Å². The summed E-state index contributed by atoms with van der Waals surface area (Å²) < 4.78 is 0. The topological polar surface area (TPSA) is 61.4 Å². The minimum absolute atomic E-state index is 0.0524. The van der Waals surface area contributed by atoms with Gasteiger partial charge in [0.1, 0.15) is 0 Å². The number of amides is 1. The number of anilines is 1. The van der Waals surface area contributed by atoms with E-state index in [-0.39, 0.29) is 12.0 Å². The zero-order valence-electron chi connectivity index (χ0n) is 9.69. The number of aliphatic hydroxyl groups is 1. The lowest BCUT2D eigenvalue weighted by molar-refractivity contribution is -0.113. The van der Waals surface area contributed by atoms with E-state index >= 15 is 0 Å². The summed E-state index contributed by atoms with van der Waals surface area (Å²) in [7, 11) is 0. The van der Waals surface area contributed by atoms with Crippen LogP contribution in [0.3, 0.4) is 0 Å². The molecular formula is C12H16N2O2S. The Morgan fingerprint density at radius 2 is 2.41 bits per heavy atom. The quantitative estimate of drug-likeness (QED) is 0.753. The standard InChI is InChI=1S/C12H16N2O2S/c1-8(15)5-13-6-9-2-3-11-10(4-9)14-12(16)7-17-11/h2-4,8,13,15H,5-7H2,1H3,(H,14,16). The Labute approximate surface area is 105 Å². The zero-order valence-corrected chi connectivity index (χ0v) is 10.5. The summed E-state index contributed by atoms with van der Waals surface area (Å²) in [6, 6.07) is 6.05. The summed E-state index contributed by atoms with van der Waals surface area (Å²) in [5.74, 6) is 0.545. The van der Waals surface area contributed by atoms with E-state index in [0.717, 1.165) is 16.1 Å². The number of benzene rings is 1. The molecule has 0 radical (unpaired) electrons. The number of hydrogen-bond donors (Lipinski definition) is 3. The number of aliphatic hydroxyl groups excluding tert-OH is 1. The van der Waals surface area contributed by atoms with Crippen molar-refractivity contribution < 1.29 is 9.90 Å². The summed E-state index contributed by atoms with van der Waals surface area (Å²) in [6.45, 7) is 3.01. The molecule has 0 aromatic heterocycles. The van der Waals surface area contributed by atoms with Gasteiger partial charge in [-0.2, -0.15) is 0 Å². The molecule has 1 aliphatic heterocycles. The molecule has 1 aliphatic rings. The van der Waals surface area contributed by atoms with Crippen molar-refractivity contribution >= 4 is 23.4 Å². The zero-order chi connectivity index (χ0) is 12.3. The molecule has 1 amide bonds. The molecule has 0 saturated heterocycles. The fraction of sp³-hybridized carbons (Fsp3) is 0.417. The summed E-state index contributed by atoms with van der Waals surface area (Å²) in [5.41, 5.74) is 2.00. The fourth-order valence-corrected chi connectivity index (χ4v) is 2.45. The molecule has 0 aliphatic carbocycles. The van der Waals surface area contributed by atoms with E-state index in [1.54, 1.807) is 18.7 Å². The van der Waals surface area contributed by atoms with Gasteiger partial charge in [-0.25, -0.2) is 0 Å². The van der Waals surface area contributed by atoms with Crippen LogP contribution in [-0.2, 0) is 11.3 Å². The lowest BCUT2D eigenvalue weighted by atomic mass is 10.2. The fourth-order valence-electron chi connectivity index (χ4n) is 1.67. The molecule has 1 aromatic carbocycles. The second kappa shape index (κ2) is 5.53. The molecule has 0 spiro atoms. The number of rotatable bonds is 4. The van der Waals surface area contributed by atoms with Crippen LogP contribution in [0.5, 0.6) is 0 Å². The molecule has 3 N–H and O–H groups in total. The predicted molar refractivity (Wildman–Crippen MR) is 69.2 cm³/mol. The maximum absolute atomic E-state index is 11.3. The van der Waals surface area contributed by atoms with Crippen molar-refractivity contribution in [3.05, 3.63) is 23.8 Å². The normalized spacial score (nSPS) is 16.2. The minimum atomic E-state index is -0.345. The highest BCUT2D eigenvalue weighted by Gasteiger charge is 2.15. The van der Waals surface area contributed by atoms with Gasteiger partial charge in [0.25, 0.3) is 0 Å². The van der Waals surface area contributed by atoms with E-state index in [2.05, 4.69) is 10.6 Å². The molecule has 1 heterocycles. The average Bonchev–Trinajstić information content (AvgIpc) is 2.28. The summed E-state index contributed by atoms with van der Waals surface area (Å²) in [5, 5.41) is 15.1. The Bertz CT molecular complexity index is 421. The van der Waals surface area contributed by atoms with Crippen molar-refractivity contribution in [3.8, 4) is 0 Å². The third kappa shape index (κ3) is 3.46. The predicted octanol–water partition coefficient (Wildman–Crippen LogP) is 1.20. The number of thioether (sulfide) groups is 1. The van der Waals surface area contributed by atoms with Crippen molar-refractivity contribution in [3.63, 3.8) is 0 Å². The molecule has 0 saturated carbocycles. The molecule has 1 aromatic rings. The van der Waals surface area contributed by atoms with Gasteiger partial charge in [-0.3, -0.25) is 4.79 Å². The Morgan fingerprint density at radius 1 is 1.59 bits per heavy atom. The van der Waals surface area contributed by atoms with Gasteiger partial charge in [0.15, 0.2) is 0 Å².